The van der Waals surface area contributed by atoms with Gasteiger partial charge in [-0.25, -0.2) is 23.1 Å². The van der Waals surface area contributed by atoms with E-state index in [0.717, 1.165) is 18.4 Å². The van der Waals surface area contributed by atoms with Gasteiger partial charge in [0.2, 0.25) is 0 Å². The molecule has 8 nitrogen and oxygen atoms in total. The van der Waals surface area contributed by atoms with E-state index in [1.165, 1.54) is 12.5 Å². The van der Waals surface area contributed by atoms with Crippen LogP contribution in [0.15, 0.2) is 47.9 Å². The van der Waals surface area contributed by atoms with Crippen LogP contribution in [0.2, 0.25) is 5.02 Å². The van der Waals surface area contributed by atoms with Gasteiger partial charge in [-0.15, -0.1) is 0 Å². The second-order valence-corrected chi connectivity index (χ2v) is 9.79. The van der Waals surface area contributed by atoms with Crippen molar-refractivity contribution >= 4 is 32.5 Å². The molecule has 5 rings (SSSR count). The van der Waals surface area contributed by atoms with E-state index in [1.54, 1.807) is 29.1 Å². The largest absolute Gasteiger partial charge is 0.259 e. The van der Waals surface area contributed by atoms with Crippen LogP contribution in [-0.2, 0) is 9.84 Å². The lowest BCUT2D eigenvalue weighted by molar-refractivity contribution is 0.579. The van der Waals surface area contributed by atoms with Gasteiger partial charge in [-0.05, 0) is 37.1 Å². The maximum absolute atomic E-state index is 12.9. The smallest absolute Gasteiger partial charge is 0.182 e. The number of nitrogens with one attached hydrogen (secondary N) is 1. The predicted molar refractivity (Wildman–Crippen MR) is 109 cm³/mol. The molecule has 1 N–H and O–H groups in total. The summed E-state index contributed by atoms with van der Waals surface area (Å²) < 4.78 is 27.4. The first-order valence-corrected chi connectivity index (χ1v) is 11.2. The molecule has 0 atom stereocenters. The average molecular weight is 429 g/mol. The number of pyridine rings is 1. The Labute approximate surface area is 171 Å². The van der Waals surface area contributed by atoms with Crippen molar-refractivity contribution in [1.29, 1.82) is 0 Å². The summed E-state index contributed by atoms with van der Waals surface area (Å²) in [7, 11) is -3.37. The lowest BCUT2D eigenvalue weighted by Gasteiger charge is -2.11. The number of hydrogen-bond acceptors (Lipinski definition) is 6. The van der Waals surface area contributed by atoms with Crippen molar-refractivity contribution in [1.82, 2.24) is 29.9 Å². The standard InChI is InChI=1S/C19H17ClN6O2S/c20-14-5-12(18-22-11-23-25-18)6-15(8-14)26-19-13(9-24-26)7-17(10-21-19)29(27,28)16-3-1-2-4-16/h5-11,16H,1-4H2,(H,22,23,25). The highest BCUT2D eigenvalue weighted by Gasteiger charge is 2.30. The van der Waals surface area contributed by atoms with Crippen LogP contribution in [-0.4, -0.2) is 43.6 Å². The summed E-state index contributed by atoms with van der Waals surface area (Å²) in [6.07, 6.45) is 7.81. The van der Waals surface area contributed by atoms with Crippen molar-refractivity contribution in [2.75, 3.05) is 0 Å². The second kappa shape index (κ2) is 6.93. The highest BCUT2D eigenvalue weighted by atomic mass is 35.5. The second-order valence-electron chi connectivity index (χ2n) is 7.12. The van der Waals surface area contributed by atoms with Gasteiger partial charge in [0.15, 0.2) is 21.3 Å². The van der Waals surface area contributed by atoms with E-state index in [0.29, 0.717) is 40.4 Å². The van der Waals surface area contributed by atoms with Crippen LogP contribution in [0.4, 0.5) is 0 Å². The summed E-state index contributed by atoms with van der Waals surface area (Å²) in [5, 5.41) is 11.9. The Morgan fingerprint density at radius 3 is 2.66 bits per heavy atom. The Bertz CT molecular complexity index is 1290. The summed E-state index contributed by atoms with van der Waals surface area (Å²) in [6.45, 7) is 0. The first kappa shape index (κ1) is 18.3. The number of hydrogen-bond donors (Lipinski definition) is 1. The van der Waals surface area contributed by atoms with Gasteiger partial charge in [-0.1, -0.05) is 24.4 Å². The Morgan fingerprint density at radius 2 is 1.90 bits per heavy atom. The molecule has 1 aliphatic carbocycles. The quantitative estimate of drug-likeness (QED) is 0.532. The molecule has 4 aromatic rings. The minimum atomic E-state index is -3.37. The molecular weight excluding hydrogens is 412 g/mol. The molecular formula is C19H17ClN6O2S. The molecule has 3 aromatic heterocycles. The predicted octanol–water partition coefficient (Wildman–Crippen LogP) is 3.58. The van der Waals surface area contributed by atoms with E-state index in [-0.39, 0.29) is 10.1 Å². The van der Waals surface area contributed by atoms with E-state index < -0.39 is 9.84 Å². The zero-order chi connectivity index (χ0) is 20.0. The Hall–Kier alpha value is -2.78. The summed E-state index contributed by atoms with van der Waals surface area (Å²) in [4.78, 5) is 8.83. The van der Waals surface area contributed by atoms with Crippen LogP contribution in [0.1, 0.15) is 25.7 Å². The van der Waals surface area contributed by atoms with Crippen LogP contribution in [0.25, 0.3) is 28.1 Å². The number of rotatable bonds is 4. The normalized spacial score (nSPS) is 15.3. The van der Waals surface area contributed by atoms with E-state index in [1.807, 2.05) is 6.07 Å². The van der Waals surface area contributed by atoms with Crippen molar-refractivity contribution in [2.24, 2.45) is 0 Å². The highest BCUT2D eigenvalue weighted by Crippen LogP contribution is 2.31. The van der Waals surface area contributed by atoms with Crippen LogP contribution >= 0.6 is 11.6 Å². The average Bonchev–Trinajstić information content (AvgIpc) is 3.48. The molecule has 1 fully saturated rings. The zero-order valence-electron chi connectivity index (χ0n) is 15.3. The number of fused-ring (bicyclic) bond motifs is 1. The van der Waals surface area contributed by atoms with Gasteiger partial charge < -0.3 is 0 Å². The van der Waals surface area contributed by atoms with E-state index in [4.69, 9.17) is 11.6 Å². The van der Waals surface area contributed by atoms with Gasteiger partial charge in [0.1, 0.15) is 6.33 Å². The molecule has 0 spiro atoms. The van der Waals surface area contributed by atoms with Crippen molar-refractivity contribution in [3.8, 4) is 17.1 Å². The van der Waals surface area contributed by atoms with E-state index in [9.17, 15) is 8.42 Å². The molecule has 0 bridgehead atoms. The van der Waals surface area contributed by atoms with Gasteiger partial charge in [0.25, 0.3) is 0 Å². The number of aromatic amines is 1. The van der Waals surface area contributed by atoms with Crippen molar-refractivity contribution in [3.63, 3.8) is 0 Å². The summed E-state index contributed by atoms with van der Waals surface area (Å²) in [6, 6.07) is 7.06. The highest BCUT2D eigenvalue weighted by molar-refractivity contribution is 7.92. The third-order valence-electron chi connectivity index (χ3n) is 5.27. The molecule has 1 aliphatic rings. The third kappa shape index (κ3) is 3.20. The van der Waals surface area contributed by atoms with Crippen molar-refractivity contribution in [2.45, 2.75) is 35.8 Å². The monoisotopic (exact) mass is 428 g/mol. The van der Waals surface area contributed by atoms with Gasteiger partial charge >= 0.3 is 0 Å². The zero-order valence-corrected chi connectivity index (χ0v) is 16.9. The molecule has 148 valence electrons. The molecule has 1 aromatic carbocycles. The van der Waals surface area contributed by atoms with Gasteiger partial charge in [0.05, 0.1) is 22.0 Å². The maximum Gasteiger partial charge on any atom is 0.182 e. The van der Waals surface area contributed by atoms with Gasteiger partial charge in [-0.3, -0.25) is 5.10 Å². The molecule has 0 aliphatic heterocycles. The van der Waals surface area contributed by atoms with Gasteiger partial charge in [0, 0.05) is 22.2 Å². The first-order chi connectivity index (χ1) is 14.0. The minimum Gasteiger partial charge on any atom is -0.259 e. The molecule has 10 heteroatoms. The van der Waals surface area contributed by atoms with E-state index in [2.05, 4.69) is 25.3 Å². The molecule has 0 amide bonds. The van der Waals surface area contributed by atoms with Crippen molar-refractivity contribution in [3.05, 3.63) is 48.0 Å². The van der Waals surface area contributed by atoms with Crippen LogP contribution in [0, 0.1) is 0 Å². The number of H-pyrrole nitrogens is 1. The van der Waals surface area contributed by atoms with Crippen LogP contribution in [0.3, 0.4) is 0 Å². The summed E-state index contributed by atoms with van der Waals surface area (Å²) in [5.74, 6) is 0.586. The fourth-order valence-electron chi connectivity index (χ4n) is 3.81. The lowest BCUT2D eigenvalue weighted by atomic mass is 10.2. The van der Waals surface area contributed by atoms with Crippen LogP contribution < -0.4 is 0 Å². The lowest BCUT2D eigenvalue weighted by Crippen LogP contribution is -2.18. The minimum absolute atomic E-state index is 0.255. The number of nitrogens with zero attached hydrogens (tertiary/aromatic N) is 5. The fraction of sp³-hybridized carbons (Fsp3) is 0.263. The first-order valence-electron chi connectivity index (χ1n) is 9.27. The van der Waals surface area contributed by atoms with Crippen molar-refractivity contribution < 1.29 is 8.42 Å². The molecule has 0 unspecified atom stereocenters. The Balaban J connectivity index is 1.58. The SMILES string of the molecule is O=S(=O)(c1cnc2c(cnn2-c2cc(Cl)cc(-c3ncn[nH]3)c2)c1)C1CCCC1. The number of aromatic nitrogens is 6. The Kier molecular flexibility index (Phi) is 4.36. The van der Waals surface area contributed by atoms with Gasteiger partial charge in [-0.2, -0.15) is 10.2 Å². The maximum atomic E-state index is 12.9. The fourth-order valence-corrected chi connectivity index (χ4v) is 5.87. The Morgan fingerprint density at radius 1 is 1.07 bits per heavy atom. The molecule has 1 saturated carbocycles. The molecule has 0 radical (unpaired) electrons. The number of halogens is 1. The summed E-state index contributed by atoms with van der Waals surface area (Å²) >= 11 is 6.29. The molecule has 3 heterocycles. The third-order valence-corrected chi connectivity index (χ3v) is 7.72. The number of benzene rings is 1. The summed E-state index contributed by atoms with van der Waals surface area (Å²) in [5.41, 5.74) is 2.01. The molecule has 0 saturated heterocycles. The molecule has 29 heavy (non-hydrogen) atoms. The van der Waals surface area contributed by atoms with E-state index >= 15 is 0 Å². The van der Waals surface area contributed by atoms with Crippen LogP contribution in [0.5, 0.6) is 0 Å². The number of sulfone groups is 1. The topological polar surface area (TPSA) is 106 Å².